The quantitative estimate of drug-likeness (QED) is 0.803. The molecule has 0 amide bonds. The van der Waals surface area contributed by atoms with E-state index < -0.39 is 0 Å². The Balaban J connectivity index is 2.30. The van der Waals surface area contributed by atoms with E-state index in [9.17, 15) is 4.39 Å². The SMILES string of the molecule is CCC(Nc1cc(C)c(Cl)cc1OC)c1ccc(F)cc1. The maximum atomic E-state index is 13.0. The molecule has 0 aliphatic heterocycles. The van der Waals surface area contributed by atoms with Crippen molar-refractivity contribution in [1.82, 2.24) is 0 Å². The summed E-state index contributed by atoms with van der Waals surface area (Å²) in [5.41, 5.74) is 2.90. The van der Waals surface area contributed by atoms with Gasteiger partial charge in [-0.2, -0.15) is 0 Å². The number of rotatable bonds is 5. The third-order valence-corrected chi connectivity index (χ3v) is 3.90. The number of hydrogen-bond acceptors (Lipinski definition) is 2. The zero-order valence-electron chi connectivity index (χ0n) is 12.4. The average molecular weight is 308 g/mol. The van der Waals surface area contributed by atoms with E-state index in [4.69, 9.17) is 16.3 Å². The van der Waals surface area contributed by atoms with Crippen LogP contribution in [-0.2, 0) is 0 Å². The second-order valence-electron chi connectivity index (χ2n) is 4.96. The first-order valence-electron chi connectivity index (χ1n) is 6.91. The van der Waals surface area contributed by atoms with Crippen molar-refractivity contribution >= 4 is 17.3 Å². The fourth-order valence-corrected chi connectivity index (χ4v) is 2.40. The molecule has 21 heavy (non-hydrogen) atoms. The average Bonchev–Trinajstić information content (AvgIpc) is 2.49. The highest BCUT2D eigenvalue weighted by Crippen LogP contribution is 2.34. The number of anilines is 1. The molecule has 2 aromatic carbocycles. The molecule has 2 nitrogen and oxygen atoms in total. The topological polar surface area (TPSA) is 21.3 Å². The van der Waals surface area contributed by atoms with Gasteiger partial charge in [0, 0.05) is 11.1 Å². The Kier molecular flexibility index (Phi) is 5.07. The van der Waals surface area contributed by atoms with Crippen LogP contribution >= 0.6 is 11.6 Å². The van der Waals surface area contributed by atoms with Gasteiger partial charge in [-0.05, 0) is 42.7 Å². The van der Waals surface area contributed by atoms with Gasteiger partial charge in [0.1, 0.15) is 11.6 Å². The molecule has 0 aromatic heterocycles. The molecule has 0 fully saturated rings. The van der Waals surface area contributed by atoms with E-state index in [-0.39, 0.29) is 11.9 Å². The number of aryl methyl sites for hydroxylation is 1. The van der Waals surface area contributed by atoms with Crippen molar-refractivity contribution in [3.05, 3.63) is 58.4 Å². The molecule has 0 spiro atoms. The molecule has 0 saturated heterocycles. The monoisotopic (exact) mass is 307 g/mol. The predicted octanol–water partition coefficient (Wildman–Crippen LogP) is 5.36. The summed E-state index contributed by atoms with van der Waals surface area (Å²) < 4.78 is 18.4. The van der Waals surface area contributed by atoms with Gasteiger partial charge in [0.15, 0.2) is 0 Å². The Bertz CT molecular complexity index is 613. The third-order valence-electron chi connectivity index (χ3n) is 3.49. The van der Waals surface area contributed by atoms with Crippen LogP contribution in [0, 0.1) is 12.7 Å². The standard InChI is InChI=1S/C17H19ClFNO/c1-4-15(12-5-7-13(19)8-6-12)20-16-9-11(2)14(18)10-17(16)21-3/h5-10,15,20H,4H2,1-3H3. The molecule has 1 atom stereocenters. The maximum Gasteiger partial charge on any atom is 0.143 e. The van der Waals surface area contributed by atoms with Gasteiger partial charge in [0.2, 0.25) is 0 Å². The molecule has 2 rings (SSSR count). The van der Waals surface area contributed by atoms with Crippen LogP contribution in [0.1, 0.15) is 30.5 Å². The maximum absolute atomic E-state index is 13.0. The number of nitrogens with one attached hydrogen (secondary N) is 1. The minimum Gasteiger partial charge on any atom is -0.495 e. The van der Waals surface area contributed by atoms with Crippen molar-refractivity contribution in [3.8, 4) is 5.75 Å². The lowest BCUT2D eigenvalue weighted by Crippen LogP contribution is -2.10. The van der Waals surface area contributed by atoms with Crippen molar-refractivity contribution in [2.75, 3.05) is 12.4 Å². The van der Waals surface area contributed by atoms with Crippen LogP contribution in [0.3, 0.4) is 0 Å². The first kappa shape index (κ1) is 15.6. The molecule has 0 aliphatic rings. The van der Waals surface area contributed by atoms with Crippen LogP contribution in [0.4, 0.5) is 10.1 Å². The third kappa shape index (κ3) is 3.67. The predicted molar refractivity (Wildman–Crippen MR) is 85.8 cm³/mol. The van der Waals surface area contributed by atoms with Gasteiger partial charge in [0.05, 0.1) is 18.8 Å². The Morgan fingerprint density at radius 2 is 1.90 bits per heavy atom. The van der Waals surface area contributed by atoms with Crippen LogP contribution in [0.2, 0.25) is 5.02 Å². The summed E-state index contributed by atoms with van der Waals surface area (Å²) in [6.07, 6.45) is 0.871. The lowest BCUT2D eigenvalue weighted by molar-refractivity contribution is 0.416. The summed E-state index contributed by atoms with van der Waals surface area (Å²) in [7, 11) is 1.62. The summed E-state index contributed by atoms with van der Waals surface area (Å²) in [4.78, 5) is 0. The van der Waals surface area contributed by atoms with E-state index in [1.165, 1.54) is 12.1 Å². The largest absolute Gasteiger partial charge is 0.495 e. The van der Waals surface area contributed by atoms with E-state index in [2.05, 4.69) is 12.2 Å². The summed E-state index contributed by atoms with van der Waals surface area (Å²) in [6, 6.07) is 10.4. The molecule has 0 bridgehead atoms. The van der Waals surface area contributed by atoms with E-state index in [1.807, 2.05) is 13.0 Å². The first-order valence-corrected chi connectivity index (χ1v) is 7.29. The van der Waals surface area contributed by atoms with Crippen LogP contribution in [0.25, 0.3) is 0 Å². The highest BCUT2D eigenvalue weighted by Gasteiger charge is 2.13. The van der Waals surface area contributed by atoms with E-state index in [0.29, 0.717) is 10.8 Å². The molecule has 1 N–H and O–H groups in total. The molecule has 112 valence electrons. The lowest BCUT2D eigenvalue weighted by Gasteiger charge is -2.21. The zero-order chi connectivity index (χ0) is 15.4. The molecular weight excluding hydrogens is 289 g/mol. The minimum absolute atomic E-state index is 0.0834. The molecule has 0 heterocycles. The van der Waals surface area contributed by atoms with Crippen LogP contribution < -0.4 is 10.1 Å². The zero-order valence-corrected chi connectivity index (χ0v) is 13.2. The van der Waals surface area contributed by atoms with Crippen molar-refractivity contribution in [3.63, 3.8) is 0 Å². The Morgan fingerprint density at radius 3 is 2.48 bits per heavy atom. The number of halogens is 2. The van der Waals surface area contributed by atoms with Gasteiger partial charge < -0.3 is 10.1 Å². The fraction of sp³-hybridized carbons (Fsp3) is 0.294. The summed E-state index contributed by atoms with van der Waals surface area (Å²) in [6.45, 7) is 4.03. The van der Waals surface area contributed by atoms with Crippen molar-refractivity contribution < 1.29 is 9.13 Å². The van der Waals surface area contributed by atoms with E-state index in [0.717, 1.165) is 23.2 Å². The van der Waals surface area contributed by atoms with Crippen molar-refractivity contribution in [2.45, 2.75) is 26.3 Å². The summed E-state index contributed by atoms with van der Waals surface area (Å²) in [5.74, 6) is 0.472. The highest BCUT2D eigenvalue weighted by molar-refractivity contribution is 6.31. The van der Waals surface area contributed by atoms with E-state index >= 15 is 0 Å². The van der Waals surface area contributed by atoms with Gasteiger partial charge in [-0.25, -0.2) is 4.39 Å². The fourth-order valence-electron chi connectivity index (χ4n) is 2.25. The molecule has 1 unspecified atom stereocenters. The van der Waals surface area contributed by atoms with Crippen LogP contribution in [0.5, 0.6) is 5.75 Å². The van der Waals surface area contributed by atoms with Gasteiger partial charge in [-0.1, -0.05) is 30.7 Å². The van der Waals surface area contributed by atoms with Crippen molar-refractivity contribution in [2.24, 2.45) is 0 Å². The minimum atomic E-state index is -0.228. The molecular formula is C17H19ClFNO. The van der Waals surface area contributed by atoms with E-state index in [1.54, 1.807) is 25.3 Å². The summed E-state index contributed by atoms with van der Waals surface area (Å²) >= 11 is 6.12. The second kappa shape index (κ2) is 6.81. The molecule has 4 heteroatoms. The number of methoxy groups -OCH3 is 1. The van der Waals surface area contributed by atoms with Gasteiger partial charge >= 0.3 is 0 Å². The highest BCUT2D eigenvalue weighted by atomic mass is 35.5. The van der Waals surface area contributed by atoms with Gasteiger partial charge in [-0.3, -0.25) is 0 Å². The Morgan fingerprint density at radius 1 is 1.24 bits per heavy atom. The summed E-state index contributed by atoms with van der Waals surface area (Å²) in [5, 5.41) is 4.12. The van der Waals surface area contributed by atoms with Crippen LogP contribution in [0.15, 0.2) is 36.4 Å². The Hall–Kier alpha value is -1.74. The number of ether oxygens (including phenoxy) is 1. The molecule has 0 aliphatic carbocycles. The van der Waals surface area contributed by atoms with Gasteiger partial charge in [-0.15, -0.1) is 0 Å². The number of benzene rings is 2. The van der Waals surface area contributed by atoms with Gasteiger partial charge in [0.25, 0.3) is 0 Å². The second-order valence-corrected chi connectivity index (χ2v) is 5.37. The normalized spacial score (nSPS) is 12.0. The number of hydrogen-bond donors (Lipinski definition) is 1. The smallest absolute Gasteiger partial charge is 0.143 e. The molecule has 0 radical (unpaired) electrons. The Labute approximate surface area is 129 Å². The van der Waals surface area contributed by atoms with Crippen LogP contribution in [-0.4, -0.2) is 7.11 Å². The molecule has 0 saturated carbocycles. The lowest BCUT2D eigenvalue weighted by atomic mass is 10.0. The van der Waals surface area contributed by atoms with Crippen molar-refractivity contribution in [1.29, 1.82) is 0 Å². The molecule has 2 aromatic rings. The first-order chi connectivity index (χ1) is 10.0.